The van der Waals surface area contributed by atoms with Crippen LogP contribution in [0.3, 0.4) is 0 Å². The predicted molar refractivity (Wildman–Crippen MR) is 113 cm³/mol. The maximum absolute atomic E-state index is 12.7. The van der Waals surface area contributed by atoms with Crippen molar-refractivity contribution in [2.45, 2.75) is 38.6 Å². The highest BCUT2D eigenvalue weighted by molar-refractivity contribution is 5.45. The molecule has 0 bridgehead atoms. The van der Waals surface area contributed by atoms with Crippen LogP contribution in [0.1, 0.15) is 48.1 Å². The molecule has 1 aromatic heterocycles. The maximum Gasteiger partial charge on any atom is 0.335 e. The lowest BCUT2D eigenvalue weighted by atomic mass is 9.90. The van der Waals surface area contributed by atoms with Gasteiger partial charge >= 0.3 is 5.69 Å². The van der Waals surface area contributed by atoms with E-state index in [1.165, 1.54) is 10.1 Å². The molecule has 6 heteroatoms. The zero-order chi connectivity index (χ0) is 20.4. The van der Waals surface area contributed by atoms with E-state index in [0.717, 1.165) is 36.8 Å². The van der Waals surface area contributed by atoms with E-state index in [1.54, 1.807) is 12.1 Å². The van der Waals surface area contributed by atoms with E-state index in [9.17, 15) is 14.7 Å². The number of aryl methyl sites for hydroxylation is 1. The van der Waals surface area contributed by atoms with Gasteiger partial charge in [0.15, 0.2) is 0 Å². The number of aromatic hydroxyl groups is 1. The highest BCUT2D eigenvalue weighted by atomic mass is 16.3. The molecular weight excluding hydrogens is 366 g/mol. The Hall–Kier alpha value is -3.12. The van der Waals surface area contributed by atoms with Gasteiger partial charge in [0.1, 0.15) is 0 Å². The third-order valence-electron chi connectivity index (χ3n) is 5.53. The van der Waals surface area contributed by atoms with Gasteiger partial charge in [-0.05, 0) is 48.1 Å². The highest BCUT2D eigenvalue weighted by Gasteiger charge is 2.28. The first-order chi connectivity index (χ1) is 14.1. The lowest BCUT2D eigenvalue weighted by Crippen LogP contribution is -2.38. The normalized spacial score (nSPS) is 15.8. The Morgan fingerprint density at radius 3 is 2.62 bits per heavy atom. The first kappa shape index (κ1) is 19.2. The standard InChI is InChI=1S/C23H25N3O3/c1-2-3-6-15-9-11-17(12-10-15)26-22(28)19(21(27)25-23(26)29)20-18-8-5-4-7-16(18)13-14-24-20/h4-5,7-12,20,24,28H,2-3,6,13-14H2,1H3,(H,25,27,29). The first-order valence-electron chi connectivity index (χ1n) is 10.1. The number of fused-ring (bicyclic) bond motifs is 1. The van der Waals surface area contributed by atoms with E-state index in [2.05, 4.69) is 17.2 Å². The molecule has 0 spiro atoms. The number of aromatic nitrogens is 2. The van der Waals surface area contributed by atoms with E-state index in [1.807, 2.05) is 36.4 Å². The minimum atomic E-state index is -0.651. The van der Waals surface area contributed by atoms with E-state index < -0.39 is 17.3 Å². The van der Waals surface area contributed by atoms with Gasteiger partial charge in [-0.1, -0.05) is 49.7 Å². The van der Waals surface area contributed by atoms with Crippen molar-refractivity contribution in [3.05, 3.63) is 91.6 Å². The molecule has 0 saturated heterocycles. The van der Waals surface area contributed by atoms with Crippen molar-refractivity contribution in [2.24, 2.45) is 0 Å². The third kappa shape index (κ3) is 3.63. The molecule has 0 fully saturated rings. The lowest BCUT2D eigenvalue weighted by Gasteiger charge is -2.27. The molecule has 0 radical (unpaired) electrons. The number of hydrogen-bond acceptors (Lipinski definition) is 4. The van der Waals surface area contributed by atoms with Crippen molar-refractivity contribution < 1.29 is 5.11 Å². The number of benzene rings is 2. The van der Waals surface area contributed by atoms with Crippen LogP contribution < -0.4 is 16.6 Å². The summed E-state index contributed by atoms with van der Waals surface area (Å²) < 4.78 is 1.17. The van der Waals surface area contributed by atoms with Gasteiger partial charge < -0.3 is 10.4 Å². The van der Waals surface area contributed by atoms with Crippen LogP contribution in [0.2, 0.25) is 0 Å². The molecule has 1 atom stereocenters. The molecule has 4 rings (SSSR count). The molecule has 150 valence electrons. The Morgan fingerprint density at radius 1 is 1.10 bits per heavy atom. The van der Waals surface area contributed by atoms with Crippen molar-refractivity contribution in [2.75, 3.05) is 6.54 Å². The van der Waals surface area contributed by atoms with E-state index in [0.29, 0.717) is 12.2 Å². The van der Waals surface area contributed by atoms with E-state index >= 15 is 0 Å². The fourth-order valence-electron chi connectivity index (χ4n) is 3.99. The SMILES string of the molecule is CCCCc1ccc(-n2c(O)c(C3NCCc4ccccc43)c(=O)[nH]c2=O)cc1. The number of unbranched alkanes of at least 4 members (excludes halogenated alkanes) is 1. The Balaban J connectivity index is 1.81. The minimum absolute atomic E-state index is 0.159. The molecule has 0 amide bonds. The molecule has 6 nitrogen and oxygen atoms in total. The Bertz CT molecular complexity index is 1130. The molecule has 1 aliphatic heterocycles. The number of rotatable bonds is 5. The van der Waals surface area contributed by atoms with Gasteiger partial charge in [-0.3, -0.25) is 9.78 Å². The molecule has 2 aromatic carbocycles. The fourth-order valence-corrected chi connectivity index (χ4v) is 3.99. The second-order valence-corrected chi connectivity index (χ2v) is 7.44. The van der Waals surface area contributed by atoms with Crippen LogP contribution in [0.25, 0.3) is 5.69 Å². The number of H-pyrrole nitrogens is 1. The van der Waals surface area contributed by atoms with Crippen LogP contribution in [-0.2, 0) is 12.8 Å². The Kier molecular flexibility index (Phi) is 5.36. The fraction of sp³-hybridized carbons (Fsp3) is 0.304. The van der Waals surface area contributed by atoms with Gasteiger partial charge in [-0.25, -0.2) is 9.36 Å². The second kappa shape index (κ2) is 8.09. The van der Waals surface area contributed by atoms with Gasteiger partial charge in [-0.2, -0.15) is 0 Å². The van der Waals surface area contributed by atoms with Crippen molar-refractivity contribution >= 4 is 0 Å². The largest absolute Gasteiger partial charge is 0.494 e. The summed E-state index contributed by atoms with van der Waals surface area (Å²) in [6.07, 6.45) is 4.03. The summed E-state index contributed by atoms with van der Waals surface area (Å²) in [4.78, 5) is 27.6. The van der Waals surface area contributed by atoms with E-state index in [4.69, 9.17) is 0 Å². The average Bonchev–Trinajstić information content (AvgIpc) is 2.73. The molecule has 0 aliphatic carbocycles. The summed E-state index contributed by atoms with van der Waals surface area (Å²) in [5.74, 6) is -0.325. The zero-order valence-electron chi connectivity index (χ0n) is 16.4. The van der Waals surface area contributed by atoms with Crippen LogP contribution in [-0.4, -0.2) is 21.2 Å². The summed E-state index contributed by atoms with van der Waals surface area (Å²) >= 11 is 0. The highest BCUT2D eigenvalue weighted by Crippen LogP contribution is 2.31. The lowest BCUT2D eigenvalue weighted by molar-refractivity contribution is 0.410. The predicted octanol–water partition coefficient (Wildman–Crippen LogP) is 2.81. The molecule has 29 heavy (non-hydrogen) atoms. The molecule has 2 heterocycles. The summed E-state index contributed by atoms with van der Waals surface area (Å²) in [7, 11) is 0. The quantitative estimate of drug-likeness (QED) is 0.624. The van der Waals surface area contributed by atoms with Crippen molar-refractivity contribution in [1.82, 2.24) is 14.9 Å². The molecular formula is C23H25N3O3. The zero-order valence-corrected chi connectivity index (χ0v) is 16.4. The van der Waals surface area contributed by atoms with Gasteiger partial charge in [-0.15, -0.1) is 0 Å². The Morgan fingerprint density at radius 2 is 1.86 bits per heavy atom. The first-order valence-corrected chi connectivity index (χ1v) is 10.1. The number of hydrogen-bond donors (Lipinski definition) is 3. The Labute approximate surface area is 168 Å². The molecule has 1 unspecified atom stereocenters. The number of nitrogens with zero attached hydrogens (tertiary/aromatic N) is 1. The van der Waals surface area contributed by atoms with Crippen molar-refractivity contribution in [3.8, 4) is 11.6 Å². The maximum atomic E-state index is 12.7. The molecule has 3 aromatic rings. The van der Waals surface area contributed by atoms with Crippen LogP contribution >= 0.6 is 0 Å². The summed E-state index contributed by atoms with van der Waals surface area (Å²) in [6, 6.07) is 14.9. The summed E-state index contributed by atoms with van der Waals surface area (Å²) in [5.41, 5.74) is 2.71. The number of aromatic amines is 1. The van der Waals surface area contributed by atoms with Crippen molar-refractivity contribution in [3.63, 3.8) is 0 Å². The molecule has 0 saturated carbocycles. The van der Waals surface area contributed by atoms with Gasteiger partial charge in [0.05, 0.1) is 17.3 Å². The van der Waals surface area contributed by atoms with Crippen LogP contribution in [0.5, 0.6) is 5.88 Å². The number of nitrogens with one attached hydrogen (secondary N) is 2. The monoisotopic (exact) mass is 391 g/mol. The van der Waals surface area contributed by atoms with Crippen LogP contribution in [0.15, 0.2) is 58.1 Å². The molecule has 1 aliphatic rings. The van der Waals surface area contributed by atoms with Gasteiger partial charge in [0, 0.05) is 6.54 Å². The summed E-state index contributed by atoms with van der Waals surface area (Å²) in [5, 5.41) is 14.3. The van der Waals surface area contributed by atoms with Crippen LogP contribution in [0.4, 0.5) is 0 Å². The minimum Gasteiger partial charge on any atom is -0.494 e. The van der Waals surface area contributed by atoms with E-state index in [-0.39, 0.29) is 11.4 Å². The van der Waals surface area contributed by atoms with Gasteiger partial charge in [0.2, 0.25) is 5.88 Å². The topological polar surface area (TPSA) is 87.1 Å². The second-order valence-electron chi connectivity index (χ2n) is 7.44. The smallest absolute Gasteiger partial charge is 0.335 e. The van der Waals surface area contributed by atoms with Crippen molar-refractivity contribution in [1.29, 1.82) is 0 Å². The van der Waals surface area contributed by atoms with Crippen LogP contribution in [0, 0.1) is 0 Å². The average molecular weight is 391 g/mol. The van der Waals surface area contributed by atoms with Gasteiger partial charge in [0.25, 0.3) is 5.56 Å². The summed E-state index contributed by atoms with van der Waals surface area (Å²) in [6.45, 7) is 2.83. The third-order valence-corrected chi connectivity index (χ3v) is 5.53. The molecule has 3 N–H and O–H groups in total.